The number of halogens is 1. The van der Waals surface area contributed by atoms with Crippen LogP contribution in [0.25, 0.3) is 0 Å². The Morgan fingerprint density at radius 3 is 2.39 bits per heavy atom. The molecule has 0 bridgehead atoms. The zero-order valence-electron chi connectivity index (χ0n) is 10.8. The molecule has 0 spiro atoms. The van der Waals surface area contributed by atoms with Gasteiger partial charge in [-0.3, -0.25) is 4.79 Å². The molecule has 2 rings (SSSR count). The summed E-state index contributed by atoms with van der Waals surface area (Å²) in [6.45, 7) is 1.99. The van der Waals surface area contributed by atoms with Crippen molar-refractivity contribution < 1.29 is 14.3 Å². The molecule has 0 aliphatic heterocycles. The van der Waals surface area contributed by atoms with Gasteiger partial charge in [-0.2, -0.15) is 0 Å². The highest BCUT2D eigenvalue weighted by molar-refractivity contribution is 9.10. The van der Waals surface area contributed by atoms with Crippen molar-refractivity contribution in [3.8, 4) is 11.5 Å². The summed E-state index contributed by atoms with van der Waals surface area (Å²) in [5.41, 5.74) is 0.608. The molecule has 0 amide bonds. The Hall–Kier alpha value is -1.03. The highest BCUT2D eigenvalue weighted by Gasteiger charge is 2.34. The third kappa shape index (κ3) is 2.53. The molecule has 1 fully saturated rings. The fraction of sp³-hybridized carbons (Fsp3) is 0.500. The maximum atomic E-state index is 12.4. The van der Waals surface area contributed by atoms with Gasteiger partial charge < -0.3 is 9.47 Å². The van der Waals surface area contributed by atoms with Crippen LogP contribution in [0.5, 0.6) is 11.5 Å². The lowest BCUT2D eigenvalue weighted by Gasteiger charge is -2.14. The normalized spacial score (nSPS) is 16.2. The van der Waals surface area contributed by atoms with E-state index in [1.54, 1.807) is 26.4 Å². The van der Waals surface area contributed by atoms with Gasteiger partial charge >= 0.3 is 0 Å². The molecule has 1 aromatic rings. The second kappa shape index (κ2) is 5.31. The number of carbonyl (C=O) groups excluding carboxylic acids is 1. The number of carbonyl (C=O) groups is 1. The molecule has 1 aromatic carbocycles. The van der Waals surface area contributed by atoms with E-state index < -0.39 is 0 Å². The maximum absolute atomic E-state index is 12.4. The summed E-state index contributed by atoms with van der Waals surface area (Å²) in [5.74, 6) is 1.99. The molecule has 1 saturated carbocycles. The molecule has 0 heterocycles. The van der Waals surface area contributed by atoms with Crippen LogP contribution in [0.15, 0.2) is 16.6 Å². The zero-order valence-corrected chi connectivity index (χ0v) is 12.4. The monoisotopic (exact) mass is 312 g/mol. The lowest BCUT2D eigenvalue weighted by atomic mass is 9.94. The Labute approximate surface area is 116 Å². The Kier molecular flexibility index (Phi) is 3.95. The van der Waals surface area contributed by atoms with Gasteiger partial charge in [0.05, 0.1) is 24.3 Å². The summed E-state index contributed by atoms with van der Waals surface area (Å²) < 4.78 is 11.3. The van der Waals surface area contributed by atoms with E-state index in [-0.39, 0.29) is 11.7 Å². The number of hydrogen-bond acceptors (Lipinski definition) is 3. The number of methoxy groups -OCH3 is 2. The van der Waals surface area contributed by atoms with Crippen molar-refractivity contribution in [1.82, 2.24) is 0 Å². The molecule has 1 atom stereocenters. The summed E-state index contributed by atoms with van der Waals surface area (Å²) in [6, 6.07) is 3.54. The summed E-state index contributed by atoms with van der Waals surface area (Å²) in [7, 11) is 3.16. The number of ether oxygens (including phenoxy) is 2. The molecule has 1 aliphatic carbocycles. The number of ketones is 1. The molecule has 98 valence electrons. The molecule has 4 heteroatoms. The number of Topliss-reactive ketones (excluding diaryl/α,β-unsaturated/α-hetero) is 1. The number of benzene rings is 1. The molecular formula is C14H17BrO3. The predicted octanol–water partition coefficient (Wildman–Crippen LogP) is 3.70. The van der Waals surface area contributed by atoms with Crippen LogP contribution in [0.4, 0.5) is 0 Å². The molecule has 3 nitrogen and oxygen atoms in total. The average Bonchev–Trinajstić information content (AvgIpc) is 3.20. The van der Waals surface area contributed by atoms with Gasteiger partial charge in [-0.05, 0) is 46.8 Å². The van der Waals surface area contributed by atoms with E-state index in [0.29, 0.717) is 23.0 Å². The van der Waals surface area contributed by atoms with Crippen molar-refractivity contribution in [1.29, 1.82) is 0 Å². The van der Waals surface area contributed by atoms with E-state index in [9.17, 15) is 4.79 Å². The first kappa shape index (κ1) is 13.4. The van der Waals surface area contributed by atoms with Crippen LogP contribution in [0, 0.1) is 11.8 Å². The second-order valence-electron chi connectivity index (χ2n) is 4.68. The van der Waals surface area contributed by atoms with Gasteiger partial charge in [0.25, 0.3) is 0 Å². The second-order valence-corrected chi connectivity index (χ2v) is 5.53. The van der Waals surface area contributed by atoms with Gasteiger partial charge in [0.1, 0.15) is 11.5 Å². The molecular weight excluding hydrogens is 296 g/mol. The maximum Gasteiger partial charge on any atom is 0.169 e. The van der Waals surface area contributed by atoms with E-state index >= 15 is 0 Å². The third-order valence-corrected chi connectivity index (χ3v) is 4.10. The van der Waals surface area contributed by atoms with E-state index in [2.05, 4.69) is 15.9 Å². The minimum absolute atomic E-state index is 0.0600. The van der Waals surface area contributed by atoms with Gasteiger partial charge in [-0.15, -0.1) is 0 Å². The predicted molar refractivity (Wildman–Crippen MR) is 73.5 cm³/mol. The van der Waals surface area contributed by atoms with Crippen LogP contribution in [-0.4, -0.2) is 20.0 Å². The summed E-state index contributed by atoms with van der Waals surface area (Å²) >= 11 is 3.39. The Bertz CT molecular complexity index is 466. The van der Waals surface area contributed by atoms with Gasteiger partial charge in [0.15, 0.2) is 5.78 Å². The summed E-state index contributed by atoms with van der Waals surface area (Å²) in [6.07, 6.45) is 2.31. The number of hydrogen-bond donors (Lipinski definition) is 0. The molecule has 0 radical (unpaired) electrons. The van der Waals surface area contributed by atoms with Crippen LogP contribution >= 0.6 is 15.9 Å². The van der Waals surface area contributed by atoms with Crippen molar-refractivity contribution in [3.05, 3.63) is 22.2 Å². The highest BCUT2D eigenvalue weighted by atomic mass is 79.9. The van der Waals surface area contributed by atoms with Crippen molar-refractivity contribution in [2.75, 3.05) is 14.2 Å². The molecule has 0 saturated heterocycles. The molecule has 1 aliphatic rings. The minimum atomic E-state index is 0.0600. The van der Waals surface area contributed by atoms with Crippen LogP contribution in [0.3, 0.4) is 0 Å². The standard InChI is InChI=1S/C14H17BrO3/c1-8(9-4-5-9)14(16)10-6-13(18-3)11(15)7-12(10)17-2/h6-9H,4-5H2,1-3H3. The molecule has 1 unspecified atom stereocenters. The van der Waals surface area contributed by atoms with Crippen LogP contribution in [0.2, 0.25) is 0 Å². The van der Waals surface area contributed by atoms with E-state index in [4.69, 9.17) is 9.47 Å². The van der Waals surface area contributed by atoms with Crippen LogP contribution < -0.4 is 9.47 Å². The van der Waals surface area contributed by atoms with Gasteiger partial charge in [0, 0.05) is 5.92 Å². The van der Waals surface area contributed by atoms with Gasteiger partial charge in [-0.25, -0.2) is 0 Å². The lowest BCUT2D eigenvalue weighted by Crippen LogP contribution is -2.14. The van der Waals surface area contributed by atoms with E-state index in [1.165, 1.54) is 0 Å². The Morgan fingerprint density at radius 1 is 1.28 bits per heavy atom. The quantitative estimate of drug-likeness (QED) is 0.778. The SMILES string of the molecule is COc1cc(C(=O)C(C)C2CC2)c(OC)cc1Br. The van der Waals surface area contributed by atoms with Crippen molar-refractivity contribution >= 4 is 21.7 Å². The first-order valence-electron chi connectivity index (χ1n) is 6.04. The Morgan fingerprint density at radius 2 is 1.89 bits per heavy atom. The topological polar surface area (TPSA) is 35.5 Å². The first-order chi connectivity index (χ1) is 8.58. The van der Waals surface area contributed by atoms with Crippen molar-refractivity contribution in [2.45, 2.75) is 19.8 Å². The fourth-order valence-electron chi connectivity index (χ4n) is 2.11. The molecule has 0 N–H and O–H groups in total. The van der Waals surface area contributed by atoms with Crippen molar-refractivity contribution in [3.63, 3.8) is 0 Å². The number of rotatable bonds is 5. The first-order valence-corrected chi connectivity index (χ1v) is 6.83. The molecule has 0 aromatic heterocycles. The van der Waals surface area contributed by atoms with E-state index in [0.717, 1.165) is 17.3 Å². The van der Waals surface area contributed by atoms with Gasteiger partial charge in [-0.1, -0.05) is 6.92 Å². The smallest absolute Gasteiger partial charge is 0.169 e. The third-order valence-electron chi connectivity index (χ3n) is 3.48. The average molecular weight is 313 g/mol. The van der Waals surface area contributed by atoms with Gasteiger partial charge in [0.2, 0.25) is 0 Å². The van der Waals surface area contributed by atoms with Crippen molar-refractivity contribution in [2.24, 2.45) is 11.8 Å². The van der Waals surface area contributed by atoms with Crippen LogP contribution in [0.1, 0.15) is 30.1 Å². The lowest BCUT2D eigenvalue weighted by molar-refractivity contribution is 0.0912. The largest absolute Gasteiger partial charge is 0.496 e. The highest BCUT2D eigenvalue weighted by Crippen LogP contribution is 2.40. The minimum Gasteiger partial charge on any atom is -0.496 e. The Balaban J connectivity index is 2.37. The fourth-order valence-corrected chi connectivity index (χ4v) is 2.59. The van der Waals surface area contributed by atoms with Crippen LogP contribution in [-0.2, 0) is 0 Å². The summed E-state index contributed by atoms with van der Waals surface area (Å²) in [5, 5.41) is 0. The molecule has 18 heavy (non-hydrogen) atoms. The zero-order chi connectivity index (χ0) is 13.3. The van der Waals surface area contributed by atoms with E-state index in [1.807, 2.05) is 6.92 Å². The summed E-state index contributed by atoms with van der Waals surface area (Å²) in [4.78, 5) is 12.4.